The first-order valence-corrected chi connectivity index (χ1v) is 10.0. The highest BCUT2D eigenvalue weighted by Gasteiger charge is 2.19. The maximum atomic E-state index is 5.88. The zero-order valence-electron chi connectivity index (χ0n) is 17.0. The maximum Gasteiger partial charge on any atom is 0.191 e. The Bertz CT molecular complexity index is 745. The smallest absolute Gasteiger partial charge is 0.191 e. The van der Waals surface area contributed by atoms with Gasteiger partial charge in [-0.25, -0.2) is 0 Å². The molecule has 0 radical (unpaired) electrons. The van der Waals surface area contributed by atoms with Gasteiger partial charge < -0.3 is 15.1 Å². The van der Waals surface area contributed by atoms with Crippen LogP contribution >= 0.6 is 24.0 Å². The summed E-state index contributed by atoms with van der Waals surface area (Å²) in [5.74, 6) is 1.90. The average molecular weight is 496 g/mol. The molecule has 0 atom stereocenters. The Balaban J connectivity index is 0.00000280. The van der Waals surface area contributed by atoms with Crippen molar-refractivity contribution in [1.82, 2.24) is 15.5 Å². The van der Waals surface area contributed by atoms with Crippen molar-refractivity contribution in [2.45, 2.75) is 39.2 Å². The van der Waals surface area contributed by atoms with E-state index < -0.39 is 0 Å². The van der Waals surface area contributed by atoms with Gasteiger partial charge in [-0.1, -0.05) is 30.4 Å². The van der Waals surface area contributed by atoms with E-state index in [0.717, 1.165) is 68.1 Å². The Kier molecular flexibility index (Phi) is 9.31. The lowest BCUT2D eigenvalue weighted by atomic mass is 10.0. The zero-order valence-corrected chi connectivity index (χ0v) is 19.4. The van der Waals surface area contributed by atoms with Crippen molar-refractivity contribution in [1.29, 1.82) is 0 Å². The molecule has 0 saturated carbocycles. The number of piperidine rings is 1. The van der Waals surface area contributed by atoms with Crippen molar-refractivity contribution in [2.24, 2.45) is 4.99 Å². The van der Waals surface area contributed by atoms with Gasteiger partial charge in [0, 0.05) is 50.6 Å². The molecule has 0 amide bonds. The molecule has 2 aromatic rings. The van der Waals surface area contributed by atoms with Crippen LogP contribution < -0.4 is 10.6 Å². The second-order valence-corrected chi connectivity index (χ2v) is 7.41. The average Bonchev–Trinajstić information content (AvgIpc) is 3.06. The molecule has 0 bridgehead atoms. The predicted octanol–water partition coefficient (Wildman–Crippen LogP) is 4.19. The number of nitrogens with one attached hydrogen (secondary N) is 2. The van der Waals surface area contributed by atoms with E-state index in [2.05, 4.69) is 48.1 Å². The number of halogens is 1. The summed E-state index contributed by atoms with van der Waals surface area (Å²) in [6.45, 7) is 13.0. The third-order valence-electron chi connectivity index (χ3n) is 4.87. The van der Waals surface area contributed by atoms with Crippen LogP contribution in [0.5, 0.6) is 0 Å². The Morgan fingerprint density at radius 2 is 2.04 bits per heavy atom. The van der Waals surface area contributed by atoms with Gasteiger partial charge >= 0.3 is 0 Å². The number of nitrogens with zero attached hydrogens (tertiary/aromatic N) is 2. The lowest BCUT2D eigenvalue weighted by Crippen LogP contribution is -2.48. The molecule has 0 unspecified atom stereocenters. The highest BCUT2D eigenvalue weighted by molar-refractivity contribution is 14.0. The van der Waals surface area contributed by atoms with Gasteiger partial charge in [-0.2, -0.15) is 0 Å². The minimum absolute atomic E-state index is 0. The number of aliphatic imine (C=N–C) groups is 1. The van der Waals surface area contributed by atoms with E-state index in [1.165, 1.54) is 5.57 Å². The molecule has 1 aliphatic heterocycles. The first-order chi connectivity index (χ1) is 13.1. The number of hydrogen-bond donors (Lipinski definition) is 2. The topological polar surface area (TPSA) is 52.8 Å². The monoisotopic (exact) mass is 496 g/mol. The largest absolute Gasteiger partial charge is 0.461 e. The van der Waals surface area contributed by atoms with Gasteiger partial charge in [-0.3, -0.25) is 9.89 Å². The Hall–Kier alpha value is -1.54. The molecule has 1 aromatic heterocycles. The molecule has 28 heavy (non-hydrogen) atoms. The van der Waals surface area contributed by atoms with E-state index >= 15 is 0 Å². The first kappa shape index (κ1) is 22.7. The molecular weight excluding hydrogens is 463 g/mol. The fraction of sp³-hybridized carbons (Fsp3) is 0.500. The van der Waals surface area contributed by atoms with Gasteiger partial charge in [0.2, 0.25) is 0 Å². The van der Waals surface area contributed by atoms with E-state index in [4.69, 9.17) is 9.41 Å². The summed E-state index contributed by atoms with van der Waals surface area (Å²) in [7, 11) is 0. The van der Waals surface area contributed by atoms with Crippen LogP contribution in [0.25, 0.3) is 11.0 Å². The second kappa shape index (κ2) is 11.5. The van der Waals surface area contributed by atoms with Crippen LogP contribution in [0.4, 0.5) is 0 Å². The van der Waals surface area contributed by atoms with Crippen LogP contribution in [0.1, 0.15) is 32.4 Å². The summed E-state index contributed by atoms with van der Waals surface area (Å²) in [4.78, 5) is 7.23. The Morgan fingerprint density at radius 1 is 1.29 bits per heavy atom. The fourth-order valence-electron chi connectivity index (χ4n) is 3.57. The lowest BCUT2D eigenvalue weighted by Gasteiger charge is -2.33. The minimum atomic E-state index is 0. The molecule has 2 N–H and O–H groups in total. The molecular formula is C22H33IN4O. The van der Waals surface area contributed by atoms with Crippen molar-refractivity contribution in [3.8, 4) is 0 Å². The van der Waals surface area contributed by atoms with E-state index in [0.29, 0.717) is 12.6 Å². The third kappa shape index (κ3) is 6.81. The molecule has 1 saturated heterocycles. The number of para-hydroxylation sites is 1. The van der Waals surface area contributed by atoms with E-state index in [-0.39, 0.29) is 24.0 Å². The van der Waals surface area contributed by atoms with Crippen molar-refractivity contribution < 1.29 is 4.42 Å². The lowest BCUT2D eigenvalue weighted by molar-refractivity contribution is 0.221. The minimum Gasteiger partial charge on any atom is -0.461 e. The van der Waals surface area contributed by atoms with E-state index in [1.54, 1.807) is 0 Å². The number of likely N-dealkylation sites (tertiary alicyclic amines) is 1. The van der Waals surface area contributed by atoms with Crippen LogP contribution in [-0.2, 0) is 6.42 Å². The normalized spacial score (nSPS) is 16.0. The Morgan fingerprint density at radius 3 is 2.71 bits per heavy atom. The molecule has 0 aliphatic carbocycles. The zero-order chi connectivity index (χ0) is 19.1. The van der Waals surface area contributed by atoms with Crippen molar-refractivity contribution in [3.63, 3.8) is 0 Å². The van der Waals surface area contributed by atoms with Crippen LogP contribution in [0.15, 0.2) is 51.9 Å². The third-order valence-corrected chi connectivity index (χ3v) is 4.87. The number of benzene rings is 1. The standard InChI is InChI=1S/C22H32N4O.HI/c1-4-23-22(25-19-10-13-26(14-11-19)16-17(2)3)24-12-9-20-15-18-7-5-6-8-21(18)27-20;/h5-8,15,19H,2,4,9-14,16H2,1,3H3,(H2,23,24,25);1H. The highest BCUT2D eigenvalue weighted by Crippen LogP contribution is 2.19. The number of fused-ring (bicyclic) bond motifs is 1. The fourth-order valence-corrected chi connectivity index (χ4v) is 3.57. The first-order valence-electron chi connectivity index (χ1n) is 10.0. The summed E-state index contributed by atoms with van der Waals surface area (Å²) in [5, 5.41) is 8.13. The molecule has 0 spiro atoms. The van der Waals surface area contributed by atoms with Gasteiger partial charge in [0.25, 0.3) is 0 Å². The summed E-state index contributed by atoms with van der Waals surface area (Å²) in [5.41, 5.74) is 2.19. The number of furan rings is 1. The van der Waals surface area contributed by atoms with Crippen molar-refractivity contribution in [3.05, 3.63) is 48.2 Å². The summed E-state index contributed by atoms with van der Waals surface area (Å²) in [6.07, 6.45) is 3.09. The molecule has 1 aliphatic rings. The molecule has 5 nitrogen and oxygen atoms in total. The molecule has 154 valence electrons. The number of hydrogen-bond acceptors (Lipinski definition) is 3. The number of rotatable bonds is 7. The van der Waals surface area contributed by atoms with Crippen LogP contribution in [-0.4, -0.2) is 49.6 Å². The maximum absolute atomic E-state index is 5.88. The molecule has 6 heteroatoms. The molecule has 1 aromatic carbocycles. The SMILES string of the molecule is C=C(C)CN1CCC(NC(=NCCc2cc3ccccc3o2)NCC)CC1.I. The van der Waals surface area contributed by atoms with E-state index in [9.17, 15) is 0 Å². The van der Waals surface area contributed by atoms with Gasteiger partial charge in [-0.15, -0.1) is 24.0 Å². The van der Waals surface area contributed by atoms with Crippen LogP contribution in [0, 0.1) is 0 Å². The van der Waals surface area contributed by atoms with Crippen molar-refractivity contribution >= 4 is 40.9 Å². The summed E-state index contributed by atoms with van der Waals surface area (Å²) in [6, 6.07) is 10.7. The Labute approximate surface area is 185 Å². The van der Waals surface area contributed by atoms with Gasteiger partial charge in [0.05, 0.1) is 0 Å². The summed E-state index contributed by atoms with van der Waals surface area (Å²) >= 11 is 0. The van der Waals surface area contributed by atoms with Crippen LogP contribution in [0.2, 0.25) is 0 Å². The van der Waals surface area contributed by atoms with E-state index in [1.807, 2.05) is 18.2 Å². The van der Waals surface area contributed by atoms with Crippen molar-refractivity contribution in [2.75, 3.05) is 32.7 Å². The van der Waals surface area contributed by atoms with Crippen LogP contribution in [0.3, 0.4) is 0 Å². The predicted molar refractivity (Wildman–Crippen MR) is 129 cm³/mol. The molecule has 2 heterocycles. The quantitative estimate of drug-likeness (QED) is 0.261. The molecule has 3 rings (SSSR count). The van der Waals surface area contributed by atoms with Gasteiger partial charge in [0.15, 0.2) is 5.96 Å². The summed E-state index contributed by atoms with van der Waals surface area (Å²) < 4.78 is 5.88. The highest BCUT2D eigenvalue weighted by atomic mass is 127. The van der Waals surface area contributed by atoms with Gasteiger partial charge in [0.1, 0.15) is 11.3 Å². The second-order valence-electron chi connectivity index (χ2n) is 7.41. The molecule has 1 fully saturated rings. The number of guanidine groups is 1. The van der Waals surface area contributed by atoms with Gasteiger partial charge in [-0.05, 0) is 38.8 Å².